The molecule has 2 unspecified atom stereocenters. The van der Waals surface area contributed by atoms with Gasteiger partial charge in [0.2, 0.25) is 0 Å². The van der Waals surface area contributed by atoms with Crippen molar-refractivity contribution in [2.75, 3.05) is 24.0 Å². The molecule has 0 aromatic heterocycles. The van der Waals surface area contributed by atoms with E-state index in [2.05, 4.69) is 33.7 Å². The van der Waals surface area contributed by atoms with Crippen molar-refractivity contribution in [3.05, 3.63) is 60.7 Å². The average molecular weight is 593 g/mol. The third kappa shape index (κ3) is 10.5. The summed E-state index contributed by atoms with van der Waals surface area (Å²) in [6.07, 6.45) is 3.70. The van der Waals surface area contributed by atoms with E-state index in [9.17, 15) is 16.8 Å². The monoisotopic (exact) mass is 592 g/mol. The van der Waals surface area contributed by atoms with Crippen molar-refractivity contribution in [1.82, 2.24) is 0 Å². The Morgan fingerprint density at radius 3 is 1.29 bits per heavy atom. The third-order valence-electron chi connectivity index (χ3n) is 5.08. The molecule has 0 amide bonds. The van der Waals surface area contributed by atoms with Gasteiger partial charge in [-0.15, -0.1) is 7.54 Å². The summed E-state index contributed by atoms with van der Waals surface area (Å²) in [5.74, 6) is 1.33. The summed E-state index contributed by atoms with van der Waals surface area (Å²) in [4.78, 5) is 0.436. The number of hydrogen-bond acceptors (Lipinski definition) is 5. The molecule has 2 rings (SSSR count). The Labute approximate surface area is 218 Å². The van der Waals surface area contributed by atoms with Gasteiger partial charge in [-0.2, -0.15) is 16.8 Å². The number of benzene rings is 2. The van der Waals surface area contributed by atoms with Gasteiger partial charge in [-0.3, -0.25) is 0 Å². The van der Waals surface area contributed by atoms with Crippen molar-refractivity contribution in [3.63, 3.8) is 0 Å². The normalized spacial score (nSPS) is 15.3. The molecule has 0 aliphatic rings. The van der Waals surface area contributed by atoms with E-state index in [0.717, 1.165) is 12.1 Å². The lowest BCUT2D eigenvalue weighted by Gasteiger charge is -2.34. The predicted molar refractivity (Wildman–Crippen MR) is 154 cm³/mol. The third-order valence-corrected chi connectivity index (χ3v) is 20.1. The summed E-state index contributed by atoms with van der Waals surface area (Å²) >= 11 is 0. The predicted octanol–water partition coefficient (Wildman–Crippen LogP) is 5.05. The highest BCUT2D eigenvalue weighted by Crippen LogP contribution is 2.23. The molecular weight excluding hydrogens is 557 g/mol. The van der Waals surface area contributed by atoms with Gasteiger partial charge in [0, 0.05) is 11.5 Å². The first kappa shape index (κ1) is 30.3. The van der Waals surface area contributed by atoms with Crippen molar-refractivity contribution in [3.8, 4) is 0 Å². The molecule has 2 aromatic rings. The molecule has 0 saturated heterocycles. The minimum Gasteiger partial charge on any atom is -0.455 e. The van der Waals surface area contributed by atoms with E-state index in [0.29, 0.717) is 11.5 Å². The first-order valence-electron chi connectivity index (χ1n) is 11.1. The van der Waals surface area contributed by atoms with Crippen molar-refractivity contribution in [2.45, 2.75) is 48.1 Å². The zero-order chi connectivity index (χ0) is 26.3. The molecule has 196 valence electrons. The smallest absolute Gasteiger partial charge is 0.287 e. The first-order chi connectivity index (χ1) is 16.1. The van der Waals surface area contributed by atoms with Crippen LogP contribution in [0.25, 0.3) is 0 Å². The van der Waals surface area contributed by atoms with Gasteiger partial charge in [0.1, 0.15) is 0 Å². The summed E-state index contributed by atoms with van der Waals surface area (Å²) in [7, 11) is -12.7. The minimum atomic E-state index is -3.65. The number of rotatable bonds is 12. The molecule has 0 heterocycles. The van der Waals surface area contributed by atoms with Gasteiger partial charge < -0.3 is 4.12 Å². The van der Waals surface area contributed by atoms with Crippen LogP contribution in [0.1, 0.15) is 0 Å². The second kappa shape index (κ2) is 12.5. The van der Waals surface area contributed by atoms with Gasteiger partial charge in [0.15, 0.2) is 16.6 Å². The SMILES string of the molecule is C/S(CC[Si](C)(C)O[Si](C)(C)CC/S(C)=N/S(=O)(=O)c1ccccc1)=N\S(=O)(=O)c1ccccc1. The summed E-state index contributed by atoms with van der Waals surface area (Å²) in [5, 5.41) is 0. The molecule has 35 heavy (non-hydrogen) atoms. The molecule has 0 saturated carbocycles. The fraction of sp³-hybridized carbons (Fsp3) is 0.455. The molecule has 0 spiro atoms. The molecule has 7 nitrogen and oxygen atoms in total. The topological polar surface area (TPSA) is 102 Å². The van der Waals surface area contributed by atoms with Crippen LogP contribution < -0.4 is 0 Å². The summed E-state index contributed by atoms with van der Waals surface area (Å²) in [5.41, 5.74) is 0. The summed E-state index contributed by atoms with van der Waals surface area (Å²) in [6.45, 7) is 8.61. The molecule has 0 radical (unpaired) electrons. The maximum Gasteiger partial charge on any atom is 0.287 e. The van der Waals surface area contributed by atoms with Crippen LogP contribution in [0.2, 0.25) is 38.3 Å². The van der Waals surface area contributed by atoms with Crippen LogP contribution in [-0.4, -0.2) is 57.5 Å². The van der Waals surface area contributed by atoms with Crippen LogP contribution in [0.15, 0.2) is 78.0 Å². The molecule has 0 fully saturated rings. The van der Waals surface area contributed by atoms with Gasteiger partial charge >= 0.3 is 0 Å². The van der Waals surface area contributed by atoms with E-state index >= 15 is 0 Å². The minimum absolute atomic E-state index is 0.218. The van der Waals surface area contributed by atoms with Crippen LogP contribution in [0.3, 0.4) is 0 Å². The molecule has 0 N–H and O–H groups in total. The lowest BCUT2D eigenvalue weighted by Crippen LogP contribution is -2.45. The fourth-order valence-corrected chi connectivity index (χ4v) is 21.4. The van der Waals surface area contributed by atoms with Gasteiger partial charge in [0.25, 0.3) is 20.0 Å². The van der Waals surface area contributed by atoms with Gasteiger partial charge in [0.05, 0.1) is 9.79 Å². The van der Waals surface area contributed by atoms with E-state index < -0.39 is 58.1 Å². The molecule has 0 aliphatic heterocycles. The highest BCUT2D eigenvalue weighted by molar-refractivity contribution is 8.00. The van der Waals surface area contributed by atoms with Crippen LogP contribution in [0.4, 0.5) is 0 Å². The van der Waals surface area contributed by atoms with Crippen molar-refractivity contribution >= 4 is 58.1 Å². The Morgan fingerprint density at radius 2 is 0.971 bits per heavy atom. The highest BCUT2D eigenvalue weighted by Gasteiger charge is 2.33. The molecule has 2 atom stereocenters. The largest absolute Gasteiger partial charge is 0.455 e. The van der Waals surface area contributed by atoms with Crippen LogP contribution in [-0.2, 0) is 45.5 Å². The molecule has 0 aliphatic carbocycles. The second-order valence-corrected chi connectivity index (χ2v) is 25.6. The zero-order valence-electron chi connectivity index (χ0n) is 21.2. The maximum atomic E-state index is 12.5. The van der Waals surface area contributed by atoms with Crippen molar-refractivity contribution < 1.29 is 21.0 Å². The number of nitrogens with zero attached hydrogens (tertiary/aromatic N) is 2. The second-order valence-electron chi connectivity index (χ2n) is 9.46. The molecule has 0 bridgehead atoms. The van der Waals surface area contributed by atoms with Crippen molar-refractivity contribution in [2.24, 2.45) is 7.54 Å². The lowest BCUT2D eigenvalue weighted by molar-refractivity contribution is 0.543. The van der Waals surface area contributed by atoms with Crippen LogP contribution >= 0.6 is 0 Å². The zero-order valence-corrected chi connectivity index (χ0v) is 26.4. The van der Waals surface area contributed by atoms with Crippen molar-refractivity contribution in [1.29, 1.82) is 0 Å². The first-order valence-corrected chi connectivity index (χ1v) is 23.8. The Hall–Kier alpha value is -0.966. The maximum absolute atomic E-state index is 12.5. The summed E-state index contributed by atoms with van der Waals surface area (Å²) in [6, 6.07) is 18.2. The quantitative estimate of drug-likeness (QED) is 0.321. The van der Waals surface area contributed by atoms with E-state index in [-0.39, 0.29) is 9.79 Å². The molecule has 13 heteroatoms. The number of sulfonamides is 2. The van der Waals surface area contributed by atoms with Gasteiger partial charge in [-0.1, -0.05) is 57.8 Å². The molecular formula is C22H36N2O5S4Si2. The Bertz CT molecular complexity index is 1170. The van der Waals surface area contributed by atoms with E-state index in [1.807, 2.05) is 12.5 Å². The number of hydrogen-bond donors (Lipinski definition) is 0. The van der Waals surface area contributed by atoms with E-state index in [4.69, 9.17) is 4.12 Å². The highest BCUT2D eigenvalue weighted by atomic mass is 32.3. The standard InChI is InChI=1S/C22H36N2O5S4Si2/c1-30(23-32(25,26)21-13-9-7-10-14-21)17-19-34(3,4)29-35(5,6)20-18-31(2)24-33(27,28)22-15-11-8-12-16-22/h7-16H,17-20H2,1-6H3. The van der Waals surface area contributed by atoms with Crippen LogP contribution in [0, 0.1) is 0 Å². The Balaban J connectivity index is 1.95. The summed E-state index contributed by atoms with van der Waals surface area (Å²) < 4.78 is 64.9. The fourth-order valence-electron chi connectivity index (χ4n) is 3.32. The Kier molecular flexibility index (Phi) is 10.8. The van der Waals surface area contributed by atoms with Crippen LogP contribution in [0.5, 0.6) is 0 Å². The van der Waals surface area contributed by atoms with Gasteiger partial charge in [-0.25, -0.2) is 0 Å². The molecule has 2 aromatic carbocycles. The Morgan fingerprint density at radius 1 is 0.657 bits per heavy atom. The lowest BCUT2D eigenvalue weighted by atomic mass is 10.4. The average Bonchev–Trinajstić information content (AvgIpc) is 2.77. The van der Waals surface area contributed by atoms with Gasteiger partial charge in [-0.05, 0) is 75.1 Å². The van der Waals surface area contributed by atoms with E-state index in [1.165, 1.54) is 0 Å². The van der Waals surface area contributed by atoms with E-state index in [1.54, 1.807) is 60.7 Å².